The number of benzene rings is 2. The third-order valence-electron chi connectivity index (χ3n) is 3.94. The van der Waals surface area contributed by atoms with Gasteiger partial charge in [-0.2, -0.15) is 0 Å². The zero-order valence-corrected chi connectivity index (χ0v) is 17.7. The molecule has 2 rings (SSSR count). The van der Waals surface area contributed by atoms with E-state index in [1.807, 2.05) is 0 Å². The third kappa shape index (κ3) is 6.61. The van der Waals surface area contributed by atoms with Crippen molar-refractivity contribution in [1.82, 2.24) is 5.32 Å². The molecule has 0 spiro atoms. The third-order valence-corrected chi connectivity index (χ3v) is 4.92. The van der Waals surface area contributed by atoms with Crippen LogP contribution in [-0.4, -0.2) is 41.9 Å². The zero-order valence-electron chi connectivity index (χ0n) is 16.9. The number of thioether (sulfide) groups is 1. The number of hydrogen-bond acceptors (Lipinski definition) is 7. The molecule has 31 heavy (non-hydrogen) atoms. The number of amides is 1. The van der Waals surface area contributed by atoms with Crippen molar-refractivity contribution in [3.8, 4) is 16.9 Å². The predicted molar refractivity (Wildman–Crippen MR) is 110 cm³/mol. The van der Waals surface area contributed by atoms with Crippen molar-refractivity contribution in [3.05, 3.63) is 53.6 Å². The first kappa shape index (κ1) is 24.0. The Morgan fingerprint density at radius 3 is 2.29 bits per heavy atom. The molecule has 0 saturated carbocycles. The van der Waals surface area contributed by atoms with E-state index in [9.17, 15) is 28.0 Å². The molecule has 1 atom stereocenters. The Morgan fingerprint density at radius 1 is 1.03 bits per heavy atom. The van der Waals surface area contributed by atoms with Gasteiger partial charge in [-0.05, 0) is 35.9 Å². The van der Waals surface area contributed by atoms with Gasteiger partial charge in [0.1, 0.15) is 23.4 Å². The molecule has 0 heterocycles. The molecule has 2 aromatic rings. The number of hydrogen-bond donors (Lipinski definition) is 1. The average Bonchev–Trinajstić information content (AvgIpc) is 2.70. The zero-order chi connectivity index (χ0) is 23.1. The summed E-state index contributed by atoms with van der Waals surface area (Å²) >= 11 is 0.677. The van der Waals surface area contributed by atoms with Crippen molar-refractivity contribution in [3.63, 3.8) is 0 Å². The molecule has 0 aliphatic carbocycles. The van der Waals surface area contributed by atoms with Crippen molar-refractivity contribution in [2.45, 2.75) is 19.9 Å². The summed E-state index contributed by atoms with van der Waals surface area (Å²) in [4.78, 5) is 47.3. The number of carbonyl (C=O) groups is 4. The van der Waals surface area contributed by atoms with Crippen molar-refractivity contribution < 1.29 is 37.4 Å². The summed E-state index contributed by atoms with van der Waals surface area (Å²) in [5.41, 5.74) is 0.0758. The SMILES string of the molecule is COC(=O)C(CSC(=O)c1cc(OC(C)=O)ccc1-c1ccc(F)cc1F)NC(C)=O. The Kier molecular flexibility index (Phi) is 8.26. The quantitative estimate of drug-likeness (QED) is 0.510. The molecule has 0 aliphatic rings. The van der Waals surface area contributed by atoms with Crippen molar-refractivity contribution >= 4 is 34.7 Å². The van der Waals surface area contributed by atoms with Crippen LogP contribution in [0.2, 0.25) is 0 Å². The van der Waals surface area contributed by atoms with E-state index in [-0.39, 0.29) is 28.2 Å². The second-order valence-electron chi connectivity index (χ2n) is 6.30. The van der Waals surface area contributed by atoms with E-state index >= 15 is 0 Å². The van der Waals surface area contributed by atoms with Crippen LogP contribution in [0.25, 0.3) is 11.1 Å². The maximum Gasteiger partial charge on any atom is 0.329 e. The van der Waals surface area contributed by atoms with E-state index in [1.54, 1.807) is 0 Å². The van der Waals surface area contributed by atoms with E-state index in [0.29, 0.717) is 17.8 Å². The highest BCUT2D eigenvalue weighted by molar-refractivity contribution is 8.14. The van der Waals surface area contributed by atoms with Crippen molar-refractivity contribution in [1.29, 1.82) is 0 Å². The highest BCUT2D eigenvalue weighted by Crippen LogP contribution is 2.32. The fourth-order valence-corrected chi connectivity index (χ4v) is 3.52. The molecule has 164 valence electrons. The van der Waals surface area contributed by atoms with Crippen LogP contribution in [0.1, 0.15) is 24.2 Å². The summed E-state index contributed by atoms with van der Waals surface area (Å²) in [7, 11) is 1.14. The molecule has 0 saturated heterocycles. The van der Waals surface area contributed by atoms with Gasteiger partial charge in [0.05, 0.1) is 7.11 Å². The molecule has 0 radical (unpaired) electrons. The van der Waals surface area contributed by atoms with E-state index < -0.39 is 40.6 Å². The smallest absolute Gasteiger partial charge is 0.329 e. The summed E-state index contributed by atoms with van der Waals surface area (Å²) in [6.45, 7) is 2.39. The van der Waals surface area contributed by atoms with Gasteiger partial charge < -0.3 is 14.8 Å². The average molecular weight is 451 g/mol. The van der Waals surface area contributed by atoms with E-state index in [2.05, 4.69) is 10.1 Å². The number of nitrogens with one attached hydrogen (secondary N) is 1. The van der Waals surface area contributed by atoms with E-state index in [4.69, 9.17) is 4.74 Å². The van der Waals surface area contributed by atoms with Crippen LogP contribution in [0.15, 0.2) is 36.4 Å². The summed E-state index contributed by atoms with van der Waals surface area (Å²) in [5.74, 6) is -3.63. The van der Waals surface area contributed by atoms with Gasteiger partial charge in [-0.3, -0.25) is 14.4 Å². The Morgan fingerprint density at radius 2 is 1.71 bits per heavy atom. The van der Waals surface area contributed by atoms with Gasteiger partial charge in [0.2, 0.25) is 11.0 Å². The van der Waals surface area contributed by atoms with Crippen LogP contribution in [0.4, 0.5) is 8.78 Å². The molecule has 1 unspecified atom stereocenters. The summed E-state index contributed by atoms with van der Waals surface area (Å²) < 4.78 is 37.3. The van der Waals surface area contributed by atoms with Crippen LogP contribution >= 0.6 is 11.8 Å². The second-order valence-corrected chi connectivity index (χ2v) is 7.29. The van der Waals surface area contributed by atoms with Crippen LogP contribution in [0, 0.1) is 11.6 Å². The Balaban J connectivity index is 2.40. The summed E-state index contributed by atoms with van der Waals surface area (Å²) in [5, 5.41) is 1.79. The molecule has 0 bridgehead atoms. The second kappa shape index (κ2) is 10.7. The Hall–Kier alpha value is -3.27. The molecular formula is C21H19F2NO6S. The lowest BCUT2D eigenvalue weighted by molar-refractivity contribution is -0.144. The van der Waals surface area contributed by atoms with Crippen LogP contribution in [-0.2, 0) is 19.1 Å². The van der Waals surface area contributed by atoms with Crippen molar-refractivity contribution in [2.24, 2.45) is 0 Å². The van der Waals surface area contributed by atoms with E-state index in [0.717, 1.165) is 13.2 Å². The molecule has 0 aliphatic heterocycles. The monoisotopic (exact) mass is 451 g/mol. The first-order valence-corrected chi connectivity index (χ1v) is 9.91. The Labute approximate surface area is 181 Å². The maximum absolute atomic E-state index is 14.3. The number of esters is 2. The first-order valence-electron chi connectivity index (χ1n) is 8.92. The number of rotatable bonds is 7. The number of halogens is 2. The molecule has 1 N–H and O–H groups in total. The van der Waals surface area contributed by atoms with Gasteiger partial charge in [0.15, 0.2) is 0 Å². The lowest BCUT2D eigenvalue weighted by Gasteiger charge is -2.16. The lowest BCUT2D eigenvalue weighted by Crippen LogP contribution is -2.42. The maximum atomic E-state index is 14.3. The number of methoxy groups -OCH3 is 1. The normalized spacial score (nSPS) is 11.4. The fourth-order valence-electron chi connectivity index (χ4n) is 2.66. The minimum atomic E-state index is -1.08. The fraction of sp³-hybridized carbons (Fsp3) is 0.238. The number of carbonyl (C=O) groups excluding carboxylic acids is 4. The predicted octanol–water partition coefficient (Wildman–Crippen LogP) is 3.11. The molecule has 0 fully saturated rings. The summed E-state index contributed by atoms with van der Waals surface area (Å²) in [6, 6.07) is 5.81. The molecule has 1 amide bonds. The van der Waals surface area contributed by atoms with Gasteiger partial charge in [-0.25, -0.2) is 13.6 Å². The lowest BCUT2D eigenvalue weighted by atomic mass is 9.99. The standard InChI is InChI=1S/C21H19F2NO6S/c1-11(25)24-19(20(27)29-3)10-31-21(28)17-9-14(30-12(2)26)5-7-15(17)16-6-4-13(22)8-18(16)23/h4-9,19H,10H2,1-3H3,(H,24,25). The largest absolute Gasteiger partial charge is 0.467 e. The van der Waals surface area contributed by atoms with Gasteiger partial charge in [0.25, 0.3) is 0 Å². The first-order chi connectivity index (χ1) is 14.6. The van der Waals surface area contributed by atoms with Gasteiger partial charge in [-0.1, -0.05) is 11.8 Å². The molecule has 7 nitrogen and oxygen atoms in total. The van der Waals surface area contributed by atoms with Gasteiger partial charge in [0, 0.05) is 36.8 Å². The molecule has 2 aromatic carbocycles. The highest BCUT2D eigenvalue weighted by atomic mass is 32.2. The minimum Gasteiger partial charge on any atom is -0.467 e. The van der Waals surface area contributed by atoms with Gasteiger partial charge in [-0.15, -0.1) is 0 Å². The summed E-state index contributed by atoms with van der Waals surface area (Å²) in [6.07, 6.45) is 0. The topological polar surface area (TPSA) is 98.8 Å². The van der Waals surface area contributed by atoms with E-state index in [1.165, 1.54) is 38.1 Å². The van der Waals surface area contributed by atoms with Crippen LogP contribution < -0.4 is 10.1 Å². The highest BCUT2D eigenvalue weighted by Gasteiger charge is 2.24. The Bertz CT molecular complexity index is 1030. The van der Waals surface area contributed by atoms with Gasteiger partial charge >= 0.3 is 11.9 Å². The molecule has 0 aromatic heterocycles. The molecule has 10 heteroatoms. The van der Waals surface area contributed by atoms with Crippen LogP contribution in [0.5, 0.6) is 5.75 Å². The minimum absolute atomic E-state index is 0.0271. The molecular weight excluding hydrogens is 432 g/mol. The van der Waals surface area contributed by atoms with Crippen LogP contribution in [0.3, 0.4) is 0 Å². The number of ether oxygens (including phenoxy) is 2. The van der Waals surface area contributed by atoms with Crippen molar-refractivity contribution in [2.75, 3.05) is 12.9 Å².